The van der Waals surface area contributed by atoms with Crippen LogP contribution in [-0.4, -0.2) is 6.85 Å². The fraction of sp³-hybridized carbons (Fsp3) is 0.179. The number of fused-ring (bicyclic) bond motifs is 11. The third-order valence-corrected chi connectivity index (χ3v) is 14.4. The predicted molar refractivity (Wildman–Crippen MR) is 251 cm³/mol. The fourth-order valence-electron chi connectivity index (χ4n) is 11.5. The minimum atomic E-state index is -0.168. The van der Waals surface area contributed by atoms with Gasteiger partial charge in [-0.15, -0.1) is 0 Å². The van der Waals surface area contributed by atoms with E-state index in [1.807, 2.05) is 0 Å². The summed E-state index contributed by atoms with van der Waals surface area (Å²) >= 11 is 0. The molecule has 0 atom stereocenters. The zero-order valence-electron chi connectivity index (χ0n) is 34.6. The van der Waals surface area contributed by atoms with Gasteiger partial charge in [0.15, 0.2) is 0 Å². The van der Waals surface area contributed by atoms with Crippen LogP contribution in [0.15, 0.2) is 158 Å². The molecule has 0 radical (unpaired) electrons. The van der Waals surface area contributed by atoms with E-state index in [0.717, 1.165) is 6.42 Å². The van der Waals surface area contributed by atoms with Gasteiger partial charge in [-0.2, -0.15) is 0 Å². The highest BCUT2D eigenvalue weighted by Gasteiger charge is 2.51. The summed E-state index contributed by atoms with van der Waals surface area (Å²) in [7, 11) is 0. The molecule has 3 aliphatic heterocycles. The van der Waals surface area contributed by atoms with Crippen LogP contribution in [0.2, 0.25) is 0 Å². The Morgan fingerprint density at radius 1 is 0.508 bits per heavy atom. The zero-order chi connectivity index (χ0) is 39.8. The lowest BCUT2D eigenvalue weighted by Crippen LogP contribution is -2.63. The molecule has 3 heterocycles. The van der Waals surface area contributed by atoms with E-state index >= 15 is 0 Å². The lowest BCUT2D eigenvalue weighted by Gasteiger charge is -2.51. The molecule has 8 aromatic carbocycles. The van der Waals surface area contributed by atoms with Crippen molar-refractivity contribution in [3.05, 3.63) is 186 Å². The quantitative estimate of drug-likeness (QED) is 0.161. The molecule has 2 nitrogen and oxygen atoms in total. The SMILES string of the molecule is CCCCc1ccc(N2c3cc4c(cc3B3c5c2cc2ccccc2c5-c2cccc5c2N3c2ccccc2C5(C)C)C(C)(C)c2ccccc2-4)c(-c2ccccc2)c1. The van der Waals surface area contributed by atoms with E-state index in [0.29, 0.717) is 0 Å². The lowest BCUT2D eigenvalue weighted by atomic mass is 9.42. The topological polar surface area (TPSA) is 6.48 Å². The van der Waals surface area contributed by atoms with Crippen molar-refractivity contribution in [1.29, 1.82) is 0 Å². The number of unbranched alkanes of at least 4 members (excludes halogenated alkanes) is 1. The summed E-state index contributed by atoms with van der Waals surface area (Å²) in [6, 6.07) is 60.6. The van der Waals surface area contributed by atoms with Gasteiger partial charge < -0.3 is 9.71 Å². The van der Waals surface area contributed by atoms with Gasteiger partial charge in [-0.05, 0) is 115 Å². The number of hydrogen-bond donors (Lipinski definition) is 0. The number of para-hydroxylation sites is 2. The third kappa shape index (κ3) is 4.65. The Morgan fingerprint density at radius 3 is 2.07 bits per heavy atom. The fourth-order valence-corrected chi connectivity index (χ4v) is 11.5. The Kier molecular flexibility index (Phi) is 7.26. The summed E-state index contributed by atoms with van der Waals surface area (Å²) in [4.78, 5) is 5.40. The molecule has 0 spiro atoms. The molecular weight excluding hydrogens is 711 g/mol. The van der Waals surface area contributed by atoms with Gasteiger partial charge in [-0.25, -0.2) is 0 Å². The Morgan fingerprint density at radius 2 is 1.22 bits per heavy atom. The Hall–Kier alpha value is -6.32. The molecule has 0 amide bonds. The van der Waals surface area contributed by atoms with Crippen LogP contribution >= 0.6 is 0 Å². The molecule has 4 aliphatic rings. The molecule has 0 fully saturated rings. The van der Waals surface area contributed by atoms with Crippen LogP contribution in [-0.2, 0) is 17.3 Å². The normalized spacial score (nSPS) is 15.6. The highest BCUT2D eigenvalue weighted by Crippen LogP contribution is 2.58. The number of aryl methyl sites for hydroxylation is 1. The zero-order valence-corrected chi connectivity index (χ0v) is 34.6. The minimum absolute atomic E-state index is 0.0458. The Labute approximate surface area is 348 Å². The lowest BCUT2D eigenvalue weighted by molar-refractivity contribution is 0.634. The van der Waals surface area contributed by atoms with Crippen LogP contribution in [0.4, 0.5) is 28.4 Å². The summed E-state index contributed by atoms with van der Waals surface area (Å²) in [6.07, 6.45) is 3.43. The van der Waals surface area contributed by atoms with Gasteiger partial charge in [-0.1, -0.05) is 168 Å². The largest absolute Gasteiger partial charge is 0.376 e. The van der Waals surface area contributed by atoms with Crippen LogP contribution in [0.3, 0.4) is 0 Å². The van der Waals surface area contributed by atoms with Crippen LogP contribution in [0.1, 0.15) is 75.3 Å². The first-order valence-electron chi connectivity index (χ1n) is 21.6. The first-order valence-corrected chi connectivity index (χ1v) is 21.6. The van der Waals surface area contributed by atoms with Crippen molar-refractivity contribution in [2.75, 3.05) is 9.71 Å². The first-order chi connectivity index (χ1) is 28.8. The molecule has 284 valence electrons. The highest BCUT2D eigenvalue weighted by atomic mass is 15.2. The second-order valence-electron chi connectivity index (χ2n) is 18.3. The molecule has 8 aromatic rings. The molecular formula is C56H47BN2. The van der Waals surface area contributed by atoms with Gasteiger partial charge >= 0.3 is 6.85 Å². The van der Waals surface area contributed by atoms with Crippen molar-refractivity contribution in [2.45, 2.75) is 64.7 Å². The molecule has 0 bridgehead atoms. The number of hydrogen-bond acceptors (Lipinski definition) is 2. The molecule has 0 saturated carbocycles. The smallest absolute Gasteiger partial charge is 0.333 e. The van der Waals surface area contributed by atoms with E-state index in [-0.39, 0.29) is 17.7 Å². The predicted octanol–water partition coefficient (Wildman–Crippen LogP) is 13.5. The van der Waals surface area contributed by atoms with Crippen molar-refractivity contribution >= 4 is 57.0 Å². The molecule has 0 aromatic heterocycles. The highest BCUT2D eigenvalue weighted by molar-refractivity contribution is 6.94. The van der Waals surface area contributed by atoms with Crippen LogP contribution in [0.25, 0.3) is 44.2 Å². The third-order valence-electron chi connectivity index (χ3n) is 14.4. The van der Waals surface area contributed by atoms with Crippen molar-refractivity contribution in [2.24, 2.45) is 0 Å². The second-order valence-corrected chi connectivity index (χ2v) is 18.3. The van der Waals surface area contributed by atoms with Crippen molar-refractivity contribution < 1.29 is 0 Å². The monoisotopic (exact) mass is 758 g/mol. The van der Waals surface area contributed by atoms with Crippen molar-refractivity contribution in [3.63, 3.8) is 0 Å². The number of nitrogens with zero attached hydrogens (tertiary/aromatic N) is 2. The average Bonchev–Trinajstić information content (AvgIpc) is 3.49. The summed E-state index contributed by atoms with van der Waals surface area (Å²) < 4.78 is 0. The summed E-state index contributed by atoms with van der Waals surface area (Å²) in [6.45, 7) is 11.9. The van der Waals surface area contributed by atoms with Crippen LogP contribution < -0.4 is 20.6 Å². The molecule has 0 N–H and O–H groups in total. The summed E-state index contributed by atoms with van der Waals surface area (Å²) in [5, 5.41) is 2.58. The van der Waals surface area contributed by atoms with E-state index in [1.165, 1.54) is 124 Å². The maximum atomic E-state index is 2.75. The Balaban J connectivity index is 1.26. The number of benzene rings is 8. The molecule has 0 unspecified atom stereocenters. The number of rotatable bonds is 5. The van der Waals surface area contributed by atoms with E-state index < -0.39 is 0 Å². The van der Waals surface area contributed by atoms with E-state index in [4.69, 9.17) is 0 Å². The van der Waals surface area contributed by atoms with Crippen molar-refractivity contribution in [1.82, 2.24) is 0 Å². The van der Waals surface area contributed by atoms with Gasteiger partial charge in [-0.3, -0.25) is 0 Å². The van der Waals surface area contributed by atoms with Crippen LogP contribution in [0, 0.1) is 0 Å². The molecule has 1 aliphatic carbocycles. The molecule has 3 heteroatoms. The molecule has 12 rings (SSSR count). The van der Waals surface area contributed by atoms with Gasteiger partial charge in [0.05, 0.1) is 5.69 Å². The van der Waals surface area contributed by atoms with Gasteiger partial charge in [0.1, 0.15) is 0 Å². The maximum Gasteiger partial charge on any atom is 0.333 e. The van der Waals surface area contributed by atoms with Crippen LogP contribution in [0.5, 0.6) is 0 Å². The Bertz CT molecular complexity index is 3070. The van der Waals surface area contributed by atoms with Crippen molar-refractivity contribution in [3.8, 4) is 33.4 Å². The minimum Gasteiger partial charge on any atom is -0.376 e. The van der Waals surface area contributed by atoms with Gasteiger partial charge in [0.2, 0.25) is 0 Å². The second kappa shape index (κ2) is 12.4. The number of anilines is 5. The summed E-state index contributed by atoms with van der Waals surface area (Å²) in [5.41, 5.74) is 23.7. The van der Waals surface area contributed by atoms with E-state index in [2.05, 4.69) is 202 Å². The maximum absolute atomic E-state index is 2.75. The molecule has 0 saturated heterocycles. The van der Waals surface area contributed by atoms with E-state index in [9.17, 15) is 0 Å². The standard InChI is InChI=1S/C56H47BN2/c1-6-7-18-35-29-30-48(41(31-35)36-19-9-8-10-20-36)58-50-33-42-39-23-13-14-25-43(39)55(2,3)46(42)34-47(50)57-53-51(58)32-37-21-11-12-22-38(37)52(53)40-24-17-27-45-54(40)59(57)49-28-16-15-26-44(49)56(45,4)5/h8-17,19-34H,6-7,18H2,1-5H3. The summed E-state index contributed by atoms with van der Waals surface area (Å²) in [5.74, 6) is 0. The van der Waals surface area contributed by atoms with Gasteiger partial charge in [0.25, 0.3) is 0 Å². The van der Waals surface area contributed by atoms with E-state index in [1.54, 1.807) is 0 Å². The first kappa shape index (κ1) is 34.7. The molecule has 59 heavy (non-hydrogen) atoms. The average molecular weight is 759 g/mol. The van der Waals surface area contributed by atoms with Gasteiger partial charge in [0, 0.05) is 44.7 Å².